The smallest absolute Gasteiger partial charge is 0.329 e. The Morgan fingerprint density at radius 3 is 2.62 bits per heavy atom. The van der Waals surface area contributed by atoms with Crippen molar-refractivity contribution in [3.8, 4) is 0 Å². The van der Waals surface area contributed by atoms with Gasteiger partial charge in [0.1, 0.15) is 6.04 Å². The van der Waals surface area contributed by atoms with Crippen LogP contribution in [0.4, 0.5) is 0 Å². The lowest BCUT2D eigenvalue weighted by Crippen LogP contribution is -2.44. The predicted octanol–water partition coefficient (Wildman–Crippen LogP) is -1.40. The van der Waals surface area contributed by atoms with Gasteiger partial charge in [0.05, 0.1) is 26.1 Å². The fraction of sp³-hybridized carbons (Fsp3) is 0.667. The van der Waals surface area contributed by atoms with Crippen molar-refractivity contribution in [2.75, 3.05) is 13.7 Å². The highest BCUT2D eigenvalue weighted by Crippen LogP contribution is 2.17. The van der Waals surface area contributed by atoms with Crippen LogP contribution in [0, 0.1) is 0 Å². The van der Waals surface area contributed by atoms with Gasteiger partial charge >= 0.3 is 11.9 Å². The molecule has 90 valence electrons. The first-order chi connectivity index (χ1) is 7.45. The Morgan fingerprint density at radius 1 is 1.62 bits per heavy atom. The fourth-order valence-corrected chi connectivity index (χ4v) is 1.64. The van der Waals surface area contributed by atoms with Gasteiger partial charge in [-0.2, -0.15) is 0 Å². The molecule has 2 N–H and O–H groups in total. The largest absolute Gasteiger partial charge is 0.481 e. The number of rotatable bonds is 4. The minimum Gasteiger partial charge on any atom is -0.481 e. The number of likely N-dealkylation sites (tertiary alicyclic amines) is 1. The third kappa shape index (κ3) is 2.69. The zero-order chi connectivity index (χ0) is 12.3. The van der Waals surface area contributed by atoms with E-state index in [-0.39, 0.29) is 13.0 Å². The van der Waals surface area contributed by atoms with E-state index in [1.54, 1.807) is 0 Å². The van der Waals surface area contributed by atoms with Crippen molar-refractivity contribution in [3.63, 3.8) is 0 Å². The summed E-state index contributed by atoms with van der Waals surface area (Å²) in [6.07, 6.45) is -1.47. The summed E-state index contributed by atoms with van der Waals surface area (Å²) in [5, 5.41) is 17.9. The molecule has 1 unspecified atom stereocenters. The molecular weight excluding hydrogens is 218 g/mol. The van der Waals surface area contributed by atoms with Crippen molar-refractivity contribution in [1.29, 1.82) is 0 Å². The van der Waals surface area contributed by atoms with Gasteiger partial charge in [0.2, 0.25) is 5.91 Å². The number of hydrogen-bond acceptors (Lipinski definition) is 5. The van der Waals surface area contributed by atoms with Crippen molar-refractivity contribution >= 4 is 17.8 Å². The number of aliphatic hydroxyl groups excluding tert-OH is 1. The maximum atomic E-state index is 11.4. The third-order valence-electron chi connectivity index (χ3n) is 2.36. The highest BCUT2D eigenvalue weighted by molar-refractivity contribution is 5.89. The maximum Gasteiger partial charge on any atom is 0.329 e. The molecule has 1 amide bonds. The predicted molar refractivity (Wildman–Crippen MR) is 50.4 cm³/mol. The number of aliphatic hydroxyl groups is 1. The second kappa shape index (κ2) is 4.93. The van der Waals surface area contributed by atoms with Crippen LogP contribution in [0.3, 0.4) is 0 Å². The van der Waals surface area contributed by atoms with Crippen molar-refractivity contribution in [2.45, 2.75) is 25.0 Å². The molecule has 7 heteroatoms. The highest BCUT2D eigenvalue weighted by atomic mass is 16.5. The van der Waals surface area contributed by atoms with E-state index in [1.807, 2.05) is 0 Å². The molecular formula is C9H13NO6. The molecule has 0 bridgehead atoms. The minimum absolute atomic E-state index is 0.0358. The maximum absolute atomic E-state index is 11.4. The van der Waals surface area contributed by atoms with E-state index in [2.05, 4.69) is 4.74 Å². The van der Waals surface area contributed by atoms with Crippen LogP contribution in [-0.4, -0.2) is 58.8 Å². The number of β-amino-alcohol motifs (C(OH)–C–C–N with tert-alkyl or cyclic N) is 1. The number of amides is 1. The summed E-state index contributed by atoms with van der Waals surface area (Å²) < 4.78 is 4.43. The second-order valence-corrected chi connectivity index (χ2v) is 3.54. The first kappa shape index (κ1) is 12.4. The lowest BCUT2D eigenvalue weighted by Gasteiger charge is -2.24. The third-order valence-corrected chi connectivity index (χ3v) is 2.36. The molecule has 7 nitrogen and oxygen atoms in total. The molecule has 1 heterocycles. The lowest BCUT2D eigenvalue weighted by molar-refractivity contribution is -0.155. The van der Waals surface area contributed by atoms with Gasteiger partial charge in [-0.3, -0.25) is 9.59 Å². The summed E-state index contributed by atoms with van der Waals surface area (Å²) in [5.74, 6) is -2.43. The second-order valence-electron chi connectivity index (χ2n) is 3.54. The van der Waals surface area contributed by atoms with Gasteiger partial charge in [-0.25, -0.2) is 4.79 Å². The molecule has 0 aliphatic carbocycles. The summed E-state index contributed by atoms with van der Waals surface area (Å²) in [6.45, 7) is -0.0358. The number of aliphatic carboxylic acids is 1. The van der Waals surface area contributed by atoms with E-state index >= 15 is 0 Å². The van der Waals surface area contributed by atoms with Gasteiger partial charge < -0.3 is 19.8 Å². The monoisotopic (exact) mass is 231 g/mol. The van der Waals surface area contributed by atoms with Crippen LogP contribution in [0.15, 0.2) is 0 Å². The first-order valence-corrected chi connectivity index (χ1v) is 4.73. The SMILES string of the molecule is COC(=O)[C@@H](CC(=O)O)N1CC(O)CC1=O. The summed E-state index contributed by atoms with van der Waals surface area (Å²) in [4.78, 5) is 34.3. The Labute approximate surface area is 91.6 Å². The molecule has 1 rings (SSSR count). The Kier molecular flexibility index (Phi) is 3.83. The van der Waals surface area contributed by atoms with Crippen LogP contribution >= 0.6 is 0 Å². The number of nitrogens with zero attached hydrogens (tertiary/aromatic N) is 1. The summed E-state index contributed by atoms with van der Waals surface area (Å²) >= 11 is 0. The number of carbonyl (C=O) groups is 3. The summed E-state index contributed by atoms with van der Waals surface area (Å²) in [6, 6.07) is -1.16. The van der Waals surface area contributed by atoms with Gasteiger partial charge in [-0.15, -0.1) is 0 Å². The van der Waals surface area contributed by atoms with Crippen LogP contribution in [0.5, 0.6) is 0 Å². The zero-order valence-electron chi connectivity index (χ0n) is 8.75. The molecule has 0 aromatic heterocycles. The van der Waals surface area contributed by atoms with Gasteiger partial charge in [-0.1, -0.05) is 0 Å². The van der Waals surface area contributed by atoms with Crippen LogP contribution in [0.2, 0.25) is 0 Å². The van der Waals surface area contributed by atoms with E-state index in [9.17, 15) is 19.5 Å². The molecule has 1 saturated heterocycles. The van der Waals surface area contributed by atoms with E-state index in [1.165, 1.54) is 0 Å². The van der Waals surface area contributed by atoms with Gasteiger partial charge in [0.25, 0.3) is 0 Å². The molecule has 0 saturated carbocycles. The Bertz CT molecular complexity index is 315. The fourth-order valence-electron chi connectivity index (χ4n) is 1.64. The molecule has 1 aliphatic rings. The molecule has 0 aromatic carbocycles. The Balaban J connectivity index is 2.80. The normalized spacial score (nSPS) is 22.0. The highest BCUT2D eigenvalue weighted by Gasteiger charge is 2.38. The number of carboxylic acids is 1. The standard InChI is InChI=1S/C9H13NO6/c1-16-9(15)6(3-8(13)14)10-4-5(11)2-7(10)12/h5-6,11H,2-4H2,1H3,(H,13,14)/t5?,6-/m1/s1. The molecule has 0 aromatic rings. The molecule has 1 fully saturated rings. The summed E-state index contributed by atoms with van der Waals surface area (Å²) in [5.41, 5.74) is 0. The van der Waals surface area contributed by atoms with Crippen LogP contribution in [0.1, 0.15) is 12.8 Å². The minimum atomic E-state index is -1.20. The van der Waals surface area contributed by atoms with E-state index in [0.717, 1.165) is 12.0 Å². The van der Waals surface area contributed by atoms with Crippen LogP contribution in [0.25, 0.3) is 0 Å². The van der Waals surface area contributed by atoms with Crippen molar-refractivity contribution in [3.05, 3.63) is 0 Å². The van der Waals surface area contributed by atoms with Gasteiger partial charge in [-0.05, 0) is 0 Å². The molecule has 0 radical (unpaired) electrons. The zero-order valence-corrected chi connectivity index (χ0v) is 8.75. The van der Waals surface area contributed by atoms with E-state index in [0.29, 0.717) is 0 Å². The number of carbonyl (C=O) groups excluding carboxylic acids is 2. The number of esters is 1. The average Bonchev–Trinajstić information content (AvgIpc) is 2.53. The van der Waals surface area contributed by atoms with E-state index in [4.69, 9.17) is 5.11 Å². The number of ether oxygens (including phenoxy) is 1. The average molecular weight is 231 g/mol. The first-order valence-electron chi connectivity index (χ1n) is 4.73. The quantitative estimate of drug-likeness (QED) is 0.576. The molecule has 2 atom stereocenters. The van der Waals surface area contributed by atoms with Gasteiger partial charge in [0.15, 0.2) is 0 Å². The molecule has 0 spiro atoms. The number of methoxy groups -OCH3 is 1. The van der Waals surface area contributed by atoms with E-state index < -0.39 is 36.4 Å². The molecule has 1 aliphatic heterocycles. The van der Waals surface area contributed by atoms with Crippen molar-refractivity contribution in [2.24, 2.45) is 0 Å². The molecule has 16 heavy (non-hydrogen) atoms. The summed E-state index contributed by atoms with van der Waals surface area (Å²) in [7, 11) is 1.12. The van der Waals surface area contributed by atoms with Gasteiger partial charge in [0, 0.05) is 6.54 Å². The Hall–Kier alpha value is -1.63. The van der Waals surface area contributed by atoms with Crippen molar-refractivity contribution in [1.82, 2.24) is 4.90 Å². The van der Waals surface area contributed by atoms with Crippen molar-refractivity contribution < 1.29 is 29.3 Å². The van der Waals surface area contributed by atoms with Crippen LogP contribution in [-0.2, 0) is 19.1 Å². The topological polar surface area (TPSA) is 104 Å². The number of hydrogen-bond donors (Lipinski definition) is 2. The Morgan fingerprint density at radius 2 is 2.25 bits per heavy atom. The lowest BCUT2D eigenvalue weighted by atomic mass is 10.2. The van der Waals surface area contributed by atoms with Crippen LogP contribution < -0.4 is 0 Å². The number of carboxylic acid groups (broad SMARTS) is 1.